The molecule has 0 saturated carbocycles. The SMILES string of the molecule is COc1cccc(CNC(=O)c2ccc3c(=O)n(-c4ccc(C)cc4)c(N4CCCC4)nc3c2)c1. The Morgan fingerprint density at radius 3 is 2.54 bits per heavy atom. The van der Waals surface area contributed by atoms with Crippen molar-refractivity contribution in [2.45, 2.75) is 26.3 Å². The van der Waals surface area contributed by atoms with Crippen molar-refractivity contribution in [1.82, 2.24) is 14.9 Å². The van der Waals surface area contributed by atoms with Crippen LogP contribution in [-0.2, 0) is 6.54 Å². The summed E-state index contributed by atoms with van der Waals surface area (Å²) in [6, 6.07) is 20.5. The van der Waals surface area contributed by atoms with E-state index in [1.54, 1.807) is 29.9 Å². The molecular formula is C28H28N4O3. The lowest BCUT2D eigenvalue weighted by atomic mass is 10.1. The molecule has 2 heterocycles. The smallest absolute Gasteiger partial charge is 0.267 e. The van der Waals surface area contributed by atoms with E-state index >= 15 is 0 Å². The Hall–Kier alpha value is -4.13. The van der Waals surface area contributed by atoms with Crippen LogP contribution in [0, 0.1) is 6.92 Å². The number of ether oxygens (including phenoxy) is 1. The molecule has 0 spiro atoms. The number of anilines is 1. The van der Waals surface area contributed by atoms with Crippen LogP contribution in [0.15, 0.2) is 71.5 Å². The molecule has 1 aromatic heterocycles. The molecule has 0 aliphatic carbocycles. The van der Waals surface area contributed by atoms with Crippen molar-refractivity contribution in [3.05, 3.63) is 93.8 Å². The molecule has 1 aliphatic heterocycles. The molecule has 1 amide bonds. The number of benzene rings is 3. The van der Waals surface area contributed by atoms with Gasteiger partial charge in [0.1, 0.15) is 5.75 Å². The number of carbonyl (C=O) groups excluding carboxylic acids is 1. The van der Waals surface area contributed by atoms with Crippen LogP contribution in [0.25, 0.3) is 16.6 Å². The van der Waals surface area contributed by atoms with Crippen LogP contribution in [0.5, 0.6) is 5.75 Å². The maximum Gasteiger partial charge on any atom is 0.267 e. The highest BCUT2D eigenvalue weighted by Gasteiger charge is 2.21. The number of hydrogen-bond donors (Lipinski definition) is 1. The van der Waals surface area contributed by atoms with Crippen LogP contribution in [0.4, 0.5) is 5.95 Å². The molecule has 7 heteroatoms. The van der Waals surface area contributed by atoms with Gasteiger partial charge in [0.25, 0.3) is 11.5 Å². The molecule has 0 bridgehead atoms. The van der Waals surface area contributed by atoms with Crippen LogP contribution in [0.3, 0.4) is 0 Å². The molecule has 1 N–H and O–H groups in total. The molecule has 4 aromatic rings. The van der Waals surface area contributed by atoms with Gasteiger partial charge < -0.3 is 15.0 Å². The van der Waals surface area contributed by atoms with E-state index < -0.39 is 0 Å². The molecule has 178 valence electrons. The van der Waals surface area contributed by atoms with E-state index in [1.807, 2.05) is 55.5 Å². The predicted molar refractivity (Wildman–Crippen MR) is 138 cm³/mol. The van der Waals surface area contributed by atoms with E-state index in [9.17, 15) is 9.59 Å². The van der Waals surface area contributed by atoms with Crippen LogP contribution in [0.2, 0.25) is 0 Å². The first-order chi connectivity index (χ1) is 17.0. The summed E-state index contributed by atoms with van der Waals surface area (Å²) < 4.78 is 6.94. The number of rotatable bonds is 6. The molecule has 7 nitrogen and oxygen atoms in total. The van der Waals surface area contributed by atoms with Gasteiger partial charge in [-0.25, -0.2) is 9.55 Å². The number of methoxy groups -OCH3 is 1. The van der Waals surface area contributed by atoms with Gasteiger partial charge in [-0.15, -0.1) is 0 Å². The molecule has 1 fully saturated rings. The summed E-state index contributed by atoms with van der Waals surface area (Å²) in [5, 5.41) is 3.43. The molecule has 3 aromatic carbocycles. The molecule has 0 unspecified atom stereocenters. The largest absolute Gasteiger partial charge is 0.497 e. The highest BCUT2D eigenvalue weighted by Crippen LogP contribution is 2.24. The van der Waals surface area contributed by atoms with Gasteiger partial charge in [-0.3, -0.25) is 9.59 Å². The lowest BCUT2D eigenvalue weighted by Crippen LogP contribution is -2.30. The Morgan fingerprint density at radius 2 is 1.80 bits per heavy atom. The summed E-state index contributed by atoms with van der Waals surface area (Å²) in [4.78, 5) is 33.6. The van der Waals surface area contributed by atoms with E-state index in [1.165, 1.54) is 0 Å². The normalized spacial score (nSPS) is 13.3. The maximum absolute atomic E-state index is 13.6. The zero-order valence-electron chi connectivity index (χ0n) is 20.0. The van der Waals surface area contributed by atoms with E-state index in [4.69, 9.17) is 9.72 Å². The number of nitrogens with one attached hydrogen (secondary N) is 1. The van der Waals surface area contributed by atoms with Crippen molar-refractivity contribution in [2.24, 2.45) is 0 Å². The van der Waals surface area contributed by atoms with E-state index in [0.717, 1.165) is 48.5 Å². The van der Waals surface area contributed by atoms with E-state index in [-0.39, 0.29) is 11.5 Å². The third-order valence-corrected chi connectivity index (χ3v) is 6.38. The molecule has 35 heavy (non-hydrogen) atoms. The first kappa shape index (κ1) is 22.7. The fraction of sp³-hybridized carbons (Fsp3) is 0.250. The number of nitrogens with zero attached hydrogens (tertiary/aromatic N) is 3. The summed E-state index contributed by atoms with van der Waals surface area (Å²) in [6.07, 6.45) is 2.13. The number of aryl methyl sites for hydroxylation is 1. The molecule has 1 saturated heterocycles. The minimum absolute atomic E-state index is 0.135. The third kappa shape index (κ3) is 4.62. The topological polar surface area (TPSA) is 76.5 Å². The van der Waals surface area contributed by atoms with E-state index in [0.29, 0.717) is 29.0 Å². The van der Waals surface area contributed by atoms with Crippen LogP contribution >= 0.6 is 0 Å². The summed E-state index contributed by atoms with van der Waals surface area (Å²) in [5.74, 6) is 1.14. The number of aromatic nitrogens is 2. The van der Waals surface area contributed by atoms with Gasteiger partial charge in [0.2, 0.25) is 5.95 Å². The fourth-order valence-electron chi connectivity index (χ4n) is 4.44. The highest BCUT2D eigenvalue weighted by atomic mass is 16.5. The number of carbonyl (C=O) groups is 1. The first-order valence-electron chi connectivity index (χ1n) is 11.8. The lowest BCUT2D eigenvalue weighted by molar-refractivity contribution is 0.0951. The Labute approximate surface area is 204 Å². The Balaban J connectivity index is 1.50. The second-order valence-corrected chi connectivity index (χ2v) is 8.85. The van der Waals surface area contributed by atoms with Crippen molar-refractivity contribution in [3.8, 4) is 11.4 Å². The molecule has 0 atom stereocenters. The average molecular weight is 469 g/mol. The van der Waals surface area contributed by atoms with Crippen molar-refractivity contribution in [2.75, 3.05) is 25.1 Å². The molecular weight excluding hydrogens is 440 g/mol. The van der Waals surface area contributed by atoms with Gasteiger partial charge in [0.15, 0.2) is 0 Å². The lowest BCUT2D eigenvalue weighted by Gasteiger charge is -2.22. The standard InChI is InChI=1S/C28H28N4O3/c1-19-8-11-22(12-9-19)32-27(34)24-13-10-21(17-25(24)30-28(32)31-14-3-4-15-31)26(33)29-18-20-6-5-7-23(16-20)35-2/h5-13,16-17H,3-4,14-15,18H2,1-2H3,(H,29,33). The van der Waals surface area contributed by atoms with E-state index in [2.05, 4.69) is 10.2 Å². The van der Waals surface area contributed by atoms with Gasteiger partial charge in [-0.1, -0.05) is 29.8 Å². The Kier molecular flexibility index (Phi) is 6.23. The van der Waals surface area contributed by atoms with Crippen molar-refractivity contribution >= 4 is 22.8 Å². The number of amides is 1. The summed E-state index contributed by atoms with van der Waals surface area (Å²) in [6.45, 7) is 4.10. The summed E-state index contributed by atoms with van der Waals surface area (Å²) in [7, 11) is 1.61. The Morgan fingerprint density at radius 1 is 1.03 bits per heavy atom. The quantitative estimate of drug-likeness (QED) is 0.458. The molecule has 5 rings (SSSR count). The molecule has 0 radical (unpaired) electrons. The minimum Gasteiger partial charge on any atom is -0.497 e. The van der Waals surface area contributed by atoms with Crippen molar-refractivity contribution < 1.29 is 9.53 Å². The van der Waals surface area contributed by atoms with Crippen molar-refractivity contribution in [1.29, 1.82) is 0 Å². The van der Waals surface area contributed by atoms with Crippen LogP contribution in [-0.4, -0.2) is 35.7 Å². The Bertz CT molecular complexity index is 1440. The summed E-state index contributed by atoms with van der Waals surface area (Å²) in [5.41, 5.74) is 3.71. The third-order valence-electron chi connectivity index (χ3n) is 6.38. The monoisotopic (exact) mass is 468 g/mol. The predicted octanol–water partition coefficient (Wildman–Crippen LogP) is 4.23. The van der Waals surface area contributed by atoms with Gasteiger partial charge in [0.05, 0.1) is 23.7 Å². The van der Waals surface area contributed by atoms with Crippen LogP contribution in [0.1, 0.15) is 34.3 Å². The maximum atomic E-state index is 13.6. The fourth-order valence-corrected chi connectivity index (χ4v) is 4.44. The second kappa shape index (κ2) is 9.62. The van der Waals surface area contributed by atoms with Gasteiger partial charge in [0, 0.05) is 25.2 Å². The summed E-state index contributed by atoms with van der Waals surface area (Å²) >= 11 is 0. The van der Waals surface area contributed by atoms with Gasteiger partial charge >= 0.3 is 0 Å². The molecule has 1 aliphatic rings. The van der Waals surface area contributed by atoms with Gasteiger partial charge in [-0.05, 0) is 67.8 Å². The van der Waals surface area contributed by atoms with Gasteiger partial charge in [-0.2, -0.15) is 0 Å². The minimum atomic E-state index is -0.220. The van der Waals surface area contributed by atoms with Crippen molar-refractivity contribution in [3.63, 3.8) is 0 Å². The van der Waals surface area contributed by atoms with Crippen LogP contribution < -0.4 is 20.5 Å². The number of hydrogen-bond acceptors (Lipinski definition) is 5. The zero-order chi connectivity index (χ0) is 24.4. The zero-order valence-corrected chi connectivity index (χ0v) is 20.0. The second-order valence-electron chi connectivity index (χ2n) is 8.85. The highest BCUT2D eigenvalue weighted by molar-refractivity contribution is 5.97. The average Bonchev–Trinajstić information content (AvgIpc) is 3.43. The number of fused-ring (bicyclic) bond motifs is 1. The first-order valence-corrected chi connectivity index (χ1v) is 11.8.